The van der Waals surface area contributed by atoms with Crippen LogP contribution in [0.4, 0.5) is 0 Å². The number of carboxylic acid groups (broad SMARTS) is 1. The number of rotatable bonds is 5. The zero-order chi connectivity index (χ0) is 13.9. The number of amides is 1. The van der Waals surface area contributed by atoms with Crippen LogP contribution < -0.4 is 10.5 Å². The lowest BCUT2D eigenvalue weighted by atomic mass is 10.2. The molecular weight excluding hydrogens is 260 g/mol. The molecule has 98 valence electrons. The molecule has 0 saturated carbocycles. The fourth-order valence-corrected chi connectivity index (χ4v) is 2.35. The molecule has 0 bridgehead atoms. The van der Waals surface area contributed by atoms with Gasteiger partial charge in [-0.2, -0.15) is 4.72 Å². The summed E-state index contributed by atoms with van der Waals surface area (Å²) in [5.74, 6) is -1.96. The Morgan fingerprint density at radius 1 is 1.28 bits per heavy atom. The number of nitrogens with one attached hydrogen (secondary N) is 1. The molecule has 0 aromatic heterocycles. The smallest absolute Gasteiger partial charge is 0.321 e. The number of carbonyl (C=O) groups is 2. The molecule has 18 heavy (non-hydrogen) atoms. The molecule has 0 aliphatic rings. The van der Waals surface area contributed by atoms with E-state index in [1.165, 1.54) is 31.2 Å². The molecule has 1 aromatic carbocycles. The largest absolute Gasteiger partial charge is 0.480 e. The van der Waals surface area contributed by atoms with Gasteiger partial charge in [-0.15, -0.1) is 0 Å². The summed E-state index contributed by atoms with van der Waals surface area (Å²) < 4.78 is 25.5. The van der Waals surface area contributed by atoms with E-state index in [-0.39, 0.29) is 10.5 Å². The van der Waals surface area contributed by atoms with Gasteiger partial charge in [0.1, 0.15) is 6.04 Å². The summed E-state index contributed by atoms with van der Waals surface area (Å²) in [5, 5.41) is 8.62. The Hall–Kier alpha value is -1.93. The van der Waals surface area contributed by atoms with E-state index in [0.717, 1.165) is 0 Å². The molecule has 4 N–H and O–H groups in total. The Kier molecular flexibility index (Phi) is 4.04. The Balaban J connectivity index is 2.99. The average Bonchev–Trinajstić information content (AvgIpc) is 2.28. The third-order valence-corrected chi connectivity index (χ3v) is 3.71. The maximum Gasteiger partial charge on any atom is 0.321 e. The molecule has 0 aliphatic heterocycles. The molecule has 1 rings (SSSR count). The van der Waals surface area contributed by atoms with Crippen LogP contribution in [0.2, 0.25) is 0 Å². The van der Waals surface area contributed by atoms with Gasteiger partial charge < -0.3 is 10.8 Å². The van der Waals surface area contributed by atoms with Crippen LogP contribution in [0, 0.1) is 0 Å². The van der Waals surface area contributed by atoms with Gasteiger partial charge in [0, 0.05) is 5.56 Å². The van der Waals surface area contributed by atoms with Crippen molar-refractivity contribution in [2.24, 2.45) is 5.73 Å². The SMILES string of the molecule is CC(NS(=O)(=O)c1ccc(C(N)=O)cc1)C(=O)O. The van der Waals surface area contributed by atoms with Crippen LogP contribution in [0.5, 0.6) is 0 Å². The zero-order valence-corrected chi connectivity index (χ0v) is 10.3. The van der Waals surface area contributed by atoms with Crippen LogP contribution in [0.3, 0.4) is 0 Å². The van der Waals surface area contributed by atoms with Crippen molar-refractivity contribution in [3.63, 3.8) is 0 Å². The summed E-state index contributed by atoms with van der Waals surface area (Å²) in [5.41, 5.74) is 5.18. The Labute approximate surface area is 104 Å². The summed E-state index contributed by atoms with van der Waals surface area (Å²) in [6, 6.07) is 3.62. The summed E-state index contributed by atoms with van der Waals surface area (Å²) >= 11 is 0. The van der Waals surface area contributed by atoms with Crippen molar-refractivity contribution >= 4 is 21.9 Å². The van der Waals surface area contributed by atoms with Gasteiger partial charge in [-0.3, -0.25) is 9.59 Å². The molecule has 0 saturated heterocycles. The van der Waals surface area contributed by atoms with E-state index in [9.17, 15) is 18.0 Å². The van der Waals surface area contributed by atoms with Gasteiger partial charge in [0.05, 0.1) is 4.90 Å². The molecule has 8 heteroatoms. The summed E-state index contributed by atoms with van der Waals surface area (Å²) in [6.07, 6.45) is 0. The van der Waals surface area contributed by atoms with E-state index in [4.69, 9.17) is 10.8 Å². The standard InChI is InChI=1S/C10H12N2O5S/c1-6(10(14)15)12-18(16,17)8-4-2-7(3-5-8)9(11)13/h2-6,12H,1H3,(H2,11,13)(H,14,15). The lowest BCUT2D eigenvalue weighted by Crippen LogP contribution is -2.38. The highest BCUT2D eigenvalue weighted by molar-refractivity contribution is 7.89. The summed E-state index contributed by atoms with van der Waals surface area (Å²) in [4.78, 5) is 21.2. The normalized spacial score (nSPS) is 12.9. The van der Waals surface area contributed by atoms with Crippen molar-refractivity contribution in [3.8, 4) is 0 Å². The molecule has 0 spiro atoms. The van der Waals surface area contributed by atoms with Crippen molar-refractivity contribution in [3.05, 3.63) is 29.8 Å². The van der Waals surface area contributed by atoms with Gasteiger partial charge in [-0.25, -0.2) is 8.42 Å². The molecule has 0 radical (unpaired) electrons. The first-order chi connectivity index (χ1) is 8.24. The quantitative estimate of drug-likeness (QED) is 0.668. The summed E-state index contributed by atoms with van der Waals surface area (Å²) in [6.45, 7) is 1.21. The van der Waals surface area contributed by atoms with Crippen molar-refractivity contribution in [2.45, 2.75) is 17.9 Å². The number of sulfonamides is 1. The molecule has 0 heterocycles. The Bertz CT molecular complexity index is 564. The van der Waals surface area contributed by atoms with E-state index in [1.54, 1.807) is 0 Å². The lowest BCUT2D eigenvalue weighted by Gasteiger charge is -2.10. The first kappa shape index (κ1) is 14.1. The van der Waals surface area contributed by atoms with Crippen LogP contribution >= 0.6 is 0 Å². The van der Waals surface area contributed by atoms with Crippen molar-refractivity contribution in [1.82, 2.24) is 4.72 Å². The van der Waals surface area contributed by atoms with Crippen LogP contribution in [-0.2, 0) is 14.8 Å². The van der Waals surface area contributed by atoms with E-state index in [1.807, 2.05) is 4.72 Å². The number of primary amides is 1. The number of benzene rings is 1. The fourth-order valence-electron chi connectivity index (χ4n) is 1.15. The first-order valence-corrected chi connectivity index (χ1v) is 6.37. The monoisotopic (exact) mass is 272 g/mol. The molecule has 1 unspecified atom stereocenters. The first-order valence-electron chi connectivity index (χ1n) is 4.89. The molecule has 0 aliphatic carbocycles. The van der Waals surface area contributed by atoms with E-state index >= 15 is 0 Å². The summed E-state index contributed by atoms with van der Waals surface area (Å²) in [7, 11) is -3.93. The Morgan fingerprint density at radius 3 is 2.17 bits per heavy atom. The van der Waals surface area contributed by atoms with Gasteiger partial charge in [-0.05, 0) is 31.2 Å². The molecule has 0 fully saturated rings. The average molecular weight is 272 g/mol. The fraction of sp³-hybridized carbons (Fsp3) is 0.200. The number of hydrogen-bond donors (Lipinski definition) is 3. The second-order valence-corrected chi connectivity index (χ2v) is 5.28. The van der Waals surface area contributed by atoms with Crippen LogP contribution in [0.25, 0.3) is 0 Å². The second kappa shape index (κ2) is 5.15. The van der Waals surface area contributed by atoms with Crippen molar-refractivity contribution in [1.29, 1.82) is 0 Å². The molecule has 1 atom stereocenters. The van der Waals surface area contributed by atoms with E-state index in [0.29, 0.717) is 0 Å². The molecule has 1 aromatic rings. The van der Waals surface area contributed by atoms with E-state index in [2.05, 4.69) is 0 Å². The predicted molar refractivity (Wildman–Crippen MR) is 62.4 cm³/mol. The van der Waals surface area contributed by atoms with Gasteiger partial charge in [0.25, 0.3) is 0 Å². The van der Waals surface area contributed by atoms with Gasteiger partial charge in [-0.1, -0.05) is 0 Å². The van der Waals surface area contributed by atoms with Crippen LogP contribution in [0.15, 0.2) is 29.2 Å². The topological polar surface area (TPSA) is 127 Å². The molecule has 7 nitrogen and oxygen atoms in total. The number of nitrogens with two attached hydrogens (primary N) is 1. The van der Waals surface area contributed by atoms with Gasteiger partial charge in [0.15, 0.2) is 0 Å². The van der Waals surface area contributed by atoms with Gasteiger partial charge >= 0.3 is 5.97 Å². The molecular formula is C10H12N2O5S. The maximum absolute atomic E-state index is 11.7. The Morgan fingerprint density at radius 2 is 1.78 bits per heavy atom. The van der Waals surface area contributed by atoms with Gasteiger partial charge in [0.2, 0.25) is 15.9 Å². The highest BCUT2D eigenvalue weighted by atomic mass is 32.2. The highest BCUT2D eigenvalue weighted by Gasteiger charge is 2.21. The predicted octanol–water partition coefficient (Wildman–Crippen LogP) is -0.463. The maximum atomic E-state index is 11.7. The number of carboxylic acids is 1. The molecule has 1 amide bonds. The van der Waals surface area contributed by atoms with Crippen LogP contribution in [-0.4, -0.2) is 31.4 Å². The van der Waals surface area contributed by atoms with E-state index < -0.39 is 27.9 Å². The number of aliphatic carboxylic acids is 1. The number of hydrogen-bond acceptors (Lipinski definition) is 4. The highest BCUT2D eigenvalue weighted by Crippen LogP contribution is 2.10. The number of carbonyl (C=O) groups excluding carboxylic acids is 1. The lowest BCUT2D eigenvalue weighted by molar-refractivity contribution is -0.138. The minimum absolute atomic E-state index is 0.138. The van der Waals surface area contributed by atoms with Crippen molar-refractivity contribution < 1.29 is 23.1 Å². The van der Waals surface area contributed by atoms with Crippen molar-refractivity contribution in [2.75, 3.05) is 0 Å². The minimum Gasteiger partial charge on any atom is -0.480 e. The third kappa shape index (κ3) is 3.28. The zero-order valence-electron chi connectivity index (χ0n) is 9.45. The minimum atomic E-state index is -3.93. The second-order valence-electron chi connectivity index (χ2n) is 3.57. The third-order valence-electron chi connectivity index (χ3n) is 2.15. The van der Waals surface area contributed by atoms with Crippen LogP contribution in [0.1, 0.15) is 17.3 Å².